The first kappa shape index (κ1) is 20.6. The van der Waals surface area contributed by atoms with Crippen molar-refractivity contribution in [2.24, 2.45) is 0 Å². The maximum absolute atomic E-state index is 11.9. The summed E-state index contributed by atoms with van der Waals surface area (Å²) in [7, 11) is -0.0802. The van der Waals surface area contributed by atoms with E-state index in [1.165, 1.54) is 0 Å². The van der Waals surface area contributed by atoms with Gasteiger partial charge in [0.1, 0.15) is 0 Å². The number of hydrogen-bond acceptors (Lipinski definition) is 8. The third-order valence-corrected chi connectivity index (χ3v) is 5.75. The van der Waals surface area contributed by atoms with Gasteiger partial charge in [0, 0.05) is 21.8 Å². The molecule has 0 aliphatic rings. The van der Waals surface area contributed by atoms with Gasteiger partial charge in [-0.05, 0) is 36.2 Å². The number of carbonyl (C=O) groups excluding carboxylic acids is 1. The second-order valence-electron chi connectivity index (χ2n) is 6.43. The summed E-state index contributed by atoms with van der Waals surface area (Å²) in [6.45, 7) is 7.78. The molecule has 2 aromatic rings. The first-order valence-electron chi connectivity index (χ1n) is 9.31. The van der Waals surface area contributed by atoms with Crippen LogP contribution in [0, 0.1) is 0 Å². The number of ether oxygens (including phenoxy) is 1. The van der Waals surface area contributed by atoms with E-state index < -0.39 is 0 Å². The number of nitrogens with zero attached hydrogens (tertiary/aromatic N) is 3. The molecule has 2 rings (SSSR count). The van der Waals surface area contributed by atoms with Crippen LogP contribution in [0.2, 0.25) is 12.1 Å². The van der Waals surface area contributed by atoms with Crippen LogP contribution in [0.1, 0.15) is 37.0 Å². The Kier molecular flexibility index (Phi) is 7.99. The molecule has 0 saturated heterocycles. The summed E-state index contributed by atoms with van der Waals surface area (Å²) in [4.78, 5) is 24.5. The summed E-state index contributed by atoms with van der Waals surface area (Å²) in [5.74, 6) is 0.632. The van der Waals surface area contributed by atoms with Crippen molar-refractivity contribution in [1.82, 2.24) is 15.0 Å². The molecule has 9 heteroatoms. The Morgan fingerprint density at radius 3 is 2.59 bits per heavy atom. The molecule has 27 heavy (non-hydrogen) atoms. The fraction of sp³-hybridized carbons (Fsp3) is 0.444. The molecule has 0 bridgehead atoms. The summed E-state index contributed by atoms with van der Waals surface area (Å²) >= 11 is 0. The lowest BCUT2D eigenvalue weighted by Crippen LogP contribution is -2.14. The number of nitrogens with two attached hydrogens (primary N) is 1. The number of anilines is 4. The van der Waals surface area contributed by atoms with E-state index in [2.05, 4.69) is 46.0 Å². The Balaban J connectivity index is 1.99. The first-order chi connectivity index (χ1) is 13.0. The number of carbonyl (C=O) groups is 1. The monoisotopic (exact) mass is 388 g/mol. The number of nitrogens with one attached hydrogen (secondary N) is 2. The summed E-state index contributed by atoms with van der Waals surface area (Å²) in [5.41, 5.74) is 7.67. The molecule has 0 aliphatic heterocycles. The second kappa shape index (κ2) is 10.5. The SMILES string of the molecule is CCCCOC(=O)c1ccc(Nc2nc(N)nc(NCC(C)[SiH2]C)n2)cc1. The zero-order valence-electron chi connectivity index (χ0n) is 16.2. The lowest BCUT2D eigenvalue weighted by Gasteiger charge is -2.11. The van der Waals surface area contributed by atoms with Crippen molar-refractivity contribution < 1.29 is 9.53 Å². The number of unbranched alkanes of at least 4 members (excludes halogenated alkanes) is 1. The fourth-order valence-electron chi connectivity index (χ4n) is 2.15. The van der Waals surface area contributed by atoms with Gasteiger partial charge in [-0.25, -0.2) is 4.79 Å². The quantitative estimate of drug-likeness (QED) is 0.323. The van der Waals surface area contributed by atoms with Crippen molar-refractivity contribution >= 4 is 39.0 Å². The molecule has 1 aromatic heterocycles. The molecule has 1 unspecified atom stereocenters. The van der Waals surface area contributed by atoms with Crippen molar-refractivity contribution in [3.8, 4) is 0 Å². The van der Waals surface area contributed by atoms with Gasteiger partial charge >= 0.3 is 5.97 Å². The number of aromatic nitrogens is 3. The van der Waals surface area contributed by atoms with Crippen LogP contribution in [0.5, 0.6) is 0 Å². The van der Waals surface area contributed by atoms with E-state index in [1.54, 1.807) is 24.3 Å². The third-order valence-electron chi connectivity index (χ3n) is 4.07. The van der Waals surface area contributed by atoms with Crippen LogP contribution in [0.4, 0.5) is 23.5 Å². The molecule has 1 aromatic carbocycles. The van der Waals surface area contributed by atoms with E-state index in [-0.39, 0.29) is 21.4 Å². The van der Waals surface area contributed by atoms with Gasteiger partial charge in [0.25, 0.3) is 0 Å². The molecule has 1 atom stereocenters. The summed E-state index contributed by atoms with van der Waals surface area (Å²) < 4.78 is 5.20. The highest BCUT2D eigenvalue weighted by atomic mass is 28.2. The second-order valence-corrected chi connectivity index (χ2v) is 8.64. The molecule has 0 fully saturated rings. The summed E-state index contributed by atoms with van der Waals surface area (Å²) in [6, 6.07) is 6.95. The molecule has 0 aliphatic carbocycles. The van der Waals surface area contributed by atoms with Gasteiger partial charge in [-0.2, -0.15) is 15.0 Å². The van der Waals surface area contributed by atoms with Crippen LogP contribution >= 0.6 is 0 Å². The number of benzene rings is 1. The third kappa shape index (κ3) is 6.85. The highest BCUT2D eigenvalue weighted by molar-refractivity contribution is 6.35. The number of esters is 1. The standard InChI is InChI=1S/C18H28N6O2Si/c1-4-5-10-26-15(25)13-6-8-14(9-7-13)21-18-23-16(19)22-17(24-18)20-11-12(2)27-3/h6-9,12H,4-5,10-11,27H2,1-3H3,(H4,19,20,21,22,23,24). The normalized spacial score (nSPS) is 12.1. The van der Waals surface area contributed by atoms with Crippen molar-refractivity contribution in [2.45, 2.75) is 38.8 Å². The van der Waals surface area contributed by atoms with Crippen LogP contribution in [-0.2, 0) is 4.74 Å². The highest BCUT2D eigenvalue weighted by Gasteiger charge is 2.09. The van der Waals surface area contributed by atoms with Crippen LogP contribution in [0.15, 0.2) is 24.3 Å². The topological polar surface area (TPSA) is 115 Å². The van der Waals surface area contributed by atoms with Gasteiger partial charge in [0.15, 0.2) is 0 Å². The largest absolute Gasteiger partial charge is 0.462 e. The van der Waals surface area contributed by atoms with Crippen molar-refractivity contribution in [3.63, 3.8) is 0 Å². The van der Waals surface area contributed by atoms with Gasteiger partial charge in [0.2, 0.25) is 17.8 Å². The lowest BCUT2D eigenvalue weighted by molar-refractivity contribution is 0.0500. The van der Waals surface area contributed by atoms with Crippen molar-refractivity contribution in [1.29, 1.82) is 0 Å². The summed E-state index contributed by atoms with van der Waals surface area (Å²) in [5, 5.41) is 6.28. The van der Waals surface area contributed by atoms with Crippen LogP contribution in [0.25, 0.3) is 0 Å². The number of nitrogen functional groups attached to an aromatic ring is 1. The molecule has 0 amide bonds. The van der Waals surface area contributed by atoms with Gasteiger partial charge < -0.3 is 21.1 Å². The Morgan fingerprint density at radius 1 is 1.22 bits per heavy atom. The molecule has 146 valence electrons. The number of hydrogen-bond donors (Lipinski definition) is 3. The predicted molar refractivity (Wildman–Crippen MR) is 111 cm³/mol. The predicted octanol–water partition coefficient (Wildman–Crippen LogP) is 2.59. The minimum atomic E-state index is -0.320. The number of rotatable bonds is 10. The first-order valence-corrected chi connectivity index (χ1v) is 11.5. The molecule has 0 spiro atoms. The Bertz CT molecular complexity index is 741. The molecule has 8 nitrogen and oxygen atoms in total. The minimum Gasteiger partial charge on any atom is -0.462 e. The van der Waals surface area contributed by atoms with Gasteiger partial charge in [-0.1, -0.05) is 26.8 Å². The molecular weight excluding hydrogens is 360 g/mol. The van der Waals surface area contributed by atoms with E-state index in [0.717, 1.165) is 25.1 Å². The van der Waals surface area contributed by atoms with E-state index in [1.807, 2.05) is 0 Å². The van der Waals surface area contributed by atoms with Gasteiger partial charge in [-0.15, -0.1) is 0 Å². The van der Waals surface area contributed by atoms with E-state index >= 15 is 0 Å². The van der Waals surface area contributed by atoms with Gasteiger partial charge in [0.05, 0.1) is 12.2 Å². The van der Waals surface area contributed by atoms with E-state index in [9.17, 15) is 4.79 Å². The zero-order chi connectivity index (χ0) is 19.6. The van der Waals surface area contributed by atoms with Crippen LogP contribution < -0.4 is 16.4 Å². The fourth-order valence-corrected chi connectivity index (χ4v) is 2.58. The summed E-state index contributed by atoms with van der Waals surface area (Å²) in [6.07, 6.45) is 1.85. The molecule has 0 radical (unpaired) electrons. The van der Waals surface area contributed by atoms with Gasteiger partial charge in [-0.3, -0.25) is 0 Å². The minimum absolute atomic E-state index is 0.0802. The average Bonchev–Trinajstić information content (AvgIpc) is 2.66. The van der Waals surface area contributed by atoms with E-state index in [0.29, 0.717) is 29.6 Å². The average molecular weight is 389 g/mol. The van der Waals surface area contributed by atoms with E-state index in [4.69, 9.17) is 10.5 Å². The smallest absolute Gasteiger partial charge is 0.338 e. The van der Waals surface area contributed by atoms with Crippen LogP contribution in [-0.4, -0.2) is 43.6 Å². The zero-order valence-corrected chi connectivity index (χ0v) is 17.6. The Morgan fingerprint density at radius 2 is 1.93 bits per heavy atom. The molecule has 4 N–H and O–H groups in total. The van der Waals surface area contributed by atoms with Crippen molar-refractivity contribution in [2.75, 3.05) is 29.5 Å². The molecule has 0 saturated carbocycles. The van der Waals surface area contributed by atoms with Crippen molar-refractivity contribution in [3.05, 3.63) is 29.8 Å². The maximum Gasteiger partial charge on any atom is 0.338 e. The van der Waals surface area contributed by atoms with Crippen LogP contribution in [0.3, 0.4) is 0 Å². The molecule has 1 heterocycles. The Labute approximate surface area is 162 Å². The lowest BCUT2D eigenvalue weighted by atomic mass is 10.2. The maximum atomic E-state index is 11.9. The Hall–Kier alpha value is -2.68. The molecular formula is C18H28N6O2Si. The highest BCUT2D eigenvalue weighted by Crippen LogP contribution is 2.16.